The third-order valence-electron chi connectivity index (χ3n) is 4.41. The first-order valence-corrected chi connectivity index (χ1v) is 10.9. The molecule has 0 aromatic heterocycles. The monoisotopic (exact) mass is 414 g/mol. The van der Waals surface area contributed by atoms with Crippen LogP contribution in [0.3, 0.4) is 0 Å². The van der Waals surface area contributed by atoms with Crippen LogP contribution >= 0.6 is 0 Å². The predicted molar refractivity (Wildman–Crippen MR) is 104 cm³/mol. The normalized spacial score (nSPS) is 11.1. The quantitative estimate of drug-likeness (QED) is 0.346. The van der Waals surface area contributed by atoms with Crippen LogP contribution in [0.1, 0.15) is 57.4 Å². The van der Waals surface area contributed by atoms with Crippen molar-refractivity contribution in [2.75, 3.05) is 0 Å². The van der Waals surface area contributed by atoms with Gasteiger partial charge < -0.3 is 9.84 Å². The van der Waals surface area contributed by atoms with Gasteiger partial charge >= 0.3 is 29.6 Å². The first-order chi connectivity index (χ1) is 12.9. The number of hydrogen-bond acceptors (Lipinski definition) is 4. The first-order valence-electron chi connectivity index (χ1n) is 9.45. The van der Waals surface area contributed by atoms with E-state index in [0.29, 0.717) is 23.5 Å². The Bertz CT molecular complexity index is 836. The van der Waals surface area contributed by atoms with Crippen molar-refractivity contribution in [2.24, 2.45) is 0 Å². The van der Waals surface area contributed by atoms with Crippen molar-refractivity contribution < 1.29 is 52.4 Å². The predicted octanol–water partition coefficient (Wildman–Crippen LogP) is 2.10. The number of benzene rings is 2. The molecule has 1 N–H and O–H groups in total. The number of hydrogen-bond donors (Lipinski definition) is 1. The van der Waals surface area contributed by atoms with Crippen molar-refractivity contribution in [3.8, 4) is 17.2 Å². The third-order valence-corrected chi connectivity index (χ3v) is 5.26. The average Bonchev–Trinajstić information content (AvgIpc) is 2.61. The summed E-state index contributed by atoms with van der Waals surface area (Å²) in [6.07, 6.45) is 8.66. The van der Waals surface area contributed by atoms with Crippen LogP contribution in [0.25, 0.3) is 0 Å². The molecule has 0 atom stereocenters. The van der Waals surface area contributed by atoms with Gasteiger partial charge in [-0.05, 0) is 48.7 Å². The van der Waals surface area contributed by atoms with Gasteiger partial charge in [-0.15, -0.1) is 5.75 Å². The Morgan fingerprint density at radius 1 is 0.964 bits per heavy atom. The molecule has 2 aromatic carbocycles. The van der Waals surface area contributed by atoms with Gasteiger partial charge in [-0.2, -0.15) is 8.42 Å². The molecule has 0 radical (unpaired) electrons. The van der Waals surface area contributed by atoms with Crippen LogP contribution in [-0.2, 0) is 16.5 Å². The number of rotatable bonds is 11. The molecule has 0 unspecified atom stereocenters. The summed E-state index contributed by atoms with van der Waals surface area (Å²) in [5.74, 6) is 0.748. The zero-order chi connectivity index (χ0) is 19.7. The minimum Gasteiger partial charge on any atom is -0.872 e. The molecule has 0 fully saturated rings. The molecular weight excluding hydrogens is 387 g/mol. The molecule has 0 amide bonds. The van der Waals surface area contributed by atoms with E-state index in [-0.39, 0.29) is 40.2 Å². The fourth-order valence-electron chi connectivity index (χ4n) is 2.95. The van der Waals surface area contributed by atoms with Crippen molar-refractivity contribution in [3.63, 3.8) is 0 Å². The molecule has 0 aliphatic rings. The van der Waals surface area contributed by atoms with E-state index in [2.05, 4.69) is 6.92 Å². The van der Waals surface area contributed by atoms with Crippen LogP contribution in [0.2, 0.25) is 0 Å². The molecule has 0 saturated carbocycles. The van der Waals surface area contributed by atoms with Crippen LogP contribution in [0, 0.1) is 0 Å². The van der Waals surface area contributed by atoms with Crippen molar-refractivity contribution >= 4 is 10.1 Å². The van der Waals surface area contributed by atoms with Crippen LogP contribution in [-0.4, -0.2) is 13.0 Å². The van der Waals surface area contributed by atoms with E-state index in [1.165, 1.54) is 56.0 Å². The Morgan fingerprint density at radius 3 is 2.29 bits per heavy atom. The molecule has 2 aromatic rings. The van der Waals surface area contributed by atoms with Gasteiger partial charge in [0.2, 0.25) is 0 Å². The van der Waals surface area contributed by atoms with Gasteiger partial charge in [0, 0.05) is 0 Å². The summed E-state index contributed by atoms with van der Waals surface area (Å²) in [6.45, 7) is 2.19. The minimum atomic E-state index is -4.27. The van der Waals surface area contributed by atoms with Gasteiger partial charge in [0.1, 0.15) is 11.5 Å². The van der Waals surface area contributed by atoms with Gasteiger partial charge in [-0.3, -0.25) is 4.55 Å². The van der Waals surface area contributed by atoms with E-state index in [1.54, 1.807) is 12.1 Å². The maximum Gasteiger partial charge on any atom is 1.00 e. The molecule has 148 valence electrons. The summed E-state index contributed by atoms with van der Waals surface area (Å²) in [4.78, 5) is -0.148. The number of unbranched alkanes of at least 4 members (excludes halogenated alkanes) is 6. The maximum absolute atomic E-state index is 11.5. The number of ether oxygens (including phenoxy) is 1. The van der Waals surface area contributed by atoms with Gasteiger partial charge in [0.05, 0.1) is 4.90 Å². The molecule has 0 spiro atoms. The standard InChI is InChI=1S/C21H28O5S.Na/c1-2-3-4-5-6-7-8-10-17-15-20(27(23,24)25)13-14-21(17)26-19-12-9-11-18(22)16-19;/h9,11-16,22H,2-8,10H2,1H3,(H,23,24,25);/q;+1/p-1. The van der Waals surface area contributed by atoms with E-state index in [4.69, 9.17) is 4.74 Å². The van der Waals surface area contributed by atoms with Crippen molar-refractivity contribution in [1.82, 2.24) is 0 Å². The van der Waals surface area contributed by atoms with Crippen LogP contribution in [0.4, 0.5) is 0 Å². The summed E-state index contributed by atoms with van der Waals surface area (Å²) in [6, 6.07) is 10.4. The van der Waals surface area contributed by atoms with Crippen LogP contribution in [0.5, 0.6) is 17.2 Å². The molecule has 0 saturated heterocycles. The van der Waals surface area contributed by atoms with E-state index in [9.17, 15) is 18.1 Å². The van der Waals surface area contributed by atoms with Gasteiger partial charge in [-0.1, -0.05) is 57.6 Å². The summed E-state index contributed by atoms with van der Waals surface area (Å²) in [7, 11) is -4.27. The van der Waals surface area contributed by atoms with Crippen molar-refractivity contribution in [1.29, 1.82) is 0 Å². The van der Waals surface area contributed by atoms with Gasteiger partial charge in [-0.25, -0.2) is 0 Å². The largest absolute Gasteiger partial charge is 1.00 e. The molecule has 0 aliphatic heterocycles. The fraction of sp³-hybridized carbons (Fsp3) is 0.429. The number of aryl methyl sites for hydroxylation is 1. The molecule has 2 rings (SSSR count). The van der Waals surface area contributed by atoms with Crippen LogP contribution < -0.4 is 39.4 Å². The molecule has 7 heteroatoms. The summed E-state index contributed by atoms with van der Waals surface area (Å²) >= 11 is 0. The summed E-state index contributed by atoms with van der Waals surface area (Å²) in [5, 5.41) is 11.5. The SMILES string of the molecule is CCCCCCCCCc1cc(S(=O)(=O)O)ccc1Oc1cccc([O-])c1.[Na+]. The summed E-state index contributed by atoms with van der Waals surface area (Å²) in [5.41, 5.74) is 0.704. The molecule has 28 heavy (non-hydrogen) atoms. The maximum atomic E-state index is 11.5. The topological polar surface area (TPSA) is 86.7 Å². The van der Waals surface area contributed by atoms with E-state index in [1.807, 2.05) is 0 Å². The zero-order valence-corrected chi connectivity index (χ0v) is 19.5. The molecule has 0 heterocycles. The third kappa shape index (κ3) is 8.53. The minimum absolute atomic E-state index is 0. The smallest absolute Gasteiger partial charge is 0.872 e. The molecule has 5 nitrogen and oxygen atoms in total. The first kappa shape index (κ1) is 25.0. The van der Waals surface area contributed by atoms with Crippen molar-refractivity contribution in [2.45, 2.75) is 63.2 Å². The second kappa shape index (κ2) is 12.5. The van der Waals surface area contributed by atoms with E-state index < -0.39 is 10.1 Å². The van der Waals surface area contributed by atoms with Crippen molar-refractivity contribution in [3.05, 3.63) is 48.0 Å². The molecule has 0 aliphatic carbocycles. The molecule has 0 bridgehead atoms. The zero-order valence-electron chi connectivity index (χ0n) is 16.7. The fourth-order valence-corrected chi connectivity index (χ4v) is 3.48. The van der Waals surface area contributed by atoms with E-state index >= 15 is 0 Å². The Morgan fingerprint density at radius 2 is 1.64 bits per heavy atom. The van der Waals surface area contributed by atoms with Crippen LogP contribution in [0.15, 0.2) is 47.4 Å². The second-order valence-electron chi connectivity index (χ2n) is 6.69. The Kier molecular flexibility index (Phi) is 11.2. The Hall–Kier alpha value is -1.05. The van der Waals surface area contributed by atoms with E-state index in [0.717, 1.165) is 19.3 Å². The molecular formula is C21H27NaO5S. The van der Waals surface area contributed by atoms with Gasteiger partial charge in [0.15, 0.2) is 0 Å². The summed E-state index contributed by atoms with van der Waals surface area (Å²) < 4.78 is 38.0. The Balaban J connectivity index is 0.00000392. The second-order valence-corrected chi connectivity index (χ2v) is 8.11. The van der Waals surface area contributed by atoms with Gasteiger partial charge in [0.25, 0.3) is 10.1 Å². The Labute approximate surface area is 190 Å². The average molecular weight is 414 g/mol.